The molecule has 12 heteroatoms. The van der Waals surface area contributed by atoms with Crippen LogP contribution in [0.5, 0.6) is 0 Å². The van der Waals surface area contributed by atoms with Crippen molar-refractivity contribution < 1.29 is 57.3 Å². The van der Waals surface area contributed by atoms with Crippen LogP contribution < -0.4 is 0 Å². The molecule has 0 aliphatic carbocycles. The predicted molar refractivity (Wildman–Crippen MR) is 198 cm³/mol. The van der Waals surface area contributed by atoms with Crippen LogP contribution in [0.3, 0.4) is 0 Å². The highest BCUT2D eigenvalue weighted by Crippen LogP contribution is 2.33. The molecule has 4 aromatic rings. The molecule has 0 unspecified atom stereocenters. The lowest BCUT2D eigenvalue weighted by molar-refractivity contribution is -0.310. The molecule has 0 bridgehead atoms. The van der Waals surface area contributed by atoms with Crippen LogP contribution in [0.15, 0.2) is 121 Å². The smallest absolute Gasteiger partial charge is 0.303 e. The zero-order valence-corrected chi connectivity index (χ0v) is 30.9. The highest BCUT2D eigenvalue weighted by molar-refractivity contribution is 5.67. The fourth-order valence-electron chi connectivity index (χ4n) is 6.57. The molecule has 2 aliphatic heterocycles. The Morgan fingerprint density at radius 1 is 0.491 bits per heavy atom. The summed E-state index contributed by atoms with van der Waals surface area (Å²) in [5.41, 5.74) is 3.76. The van der Waals surface area contributed by atoms with Crippen LogP contribution >= 0.6 is 0 Å². The van der Waals surface area contributed by atoms with E-state index in [4.69, 9.17) is 42.6 Å². The maximum atomic E-state index is 12.4. The maximum Gasteiger partial charge on any atom is 0.303 e. The number of esters is 2. The third-order valence-corrected chi connectivity index (χ3v) is 9.16. The van der Waals surface area contributed by atoms with Crippen LogP contribution in [0, 0.1) is 0 Å². The van der Waals surface area contributed by atoms with Crippen molar-refractivity contribution in [3.05, 3.63) is 144 Å². The van der Waals surface area contributed by atoms with Gasteiger partial charge in [0.15, 0.2) is 24.8 Å². The van der Waals surface area contributed by atoms with Gasteiger partial charge in [0.1, 0.15) is 30.5 Å². The summed E-state index contributed by atoms with van der Waals surface area (Å²) in [5.74, 6) is -1.35. The van der Waals surface area contributed by atoms with Gasteiger partial charge in [0.2, 0.25) is 0 Å². The van der Waals surface area contributed by atoms with E-state index in [1.54, 1.807) is 0 Å². The Morgan fingerprint density at radius 2 is 0.891 bits per heavy atom. The predicted octanol–water partition coefficient (Wildman–Crippen LogP) is 5.28. The molecule has 12 nitrogen and oxygen atoms in total. The molecule has 2 aliphatic rings. The van der Waals surface area contributed by atoms with E-state index in [0.29, 0.717) is 6.61 Å². The number of carbonyl (C=O) groups excluding carboxylic acids is 2. The summed E-state index contributed by atoms with van der Waals surface area (Å²) in [5, 5.41) is 11.1. The molecule has 0 aromatic heterocycles. The molecule has 2 heterocycles. The summed E-state index contributed by atoms with van der Waals surface area (Å²) in [6.45, 7) is 3.40. The number of benzene rings is 4. The van der Waals surface area contributed by atoms with Gasteiger partial charge < -0.3 is 47.7 Å². The largest absolute Gasteiger partial charge is 0.455 e. The molecular formula is C43H48O12. The minimum atomic E-state index is -1.66. The summed E-state index contributed by atoms with van der Waals surface area (Å²) in [7, 11) is 0. The standard InChI is InChI=1S/C43H48O12/c1-29(44)52-39-37(48-24-32-17-9-4-10-18-32)36(54-42(46)40(39)53-30(2)45)28-51-43-41(50-26-34-21-13-6-14-22-34)38(49-25-33-19-11-5-12-20-33)35(55-43)27-47-23-31-15-7-3-8-16-31/h3-22,35-43,46H,23-28H2,1-2H3/t35-,36+,37+,38-,39-,40+,41+,42+,43+/m0/s1. The van der Waals surface area contributed by atoms with E-state index >= 15 is 0 Å². The van der Waals surface area contributed by atoms with Crippen LogP contribution in [0.25, 0.3) is 0 Å². The average molecular weight is 757 g/mol. The minimum Gasteiger partial charge on any atom is -0.455 e. The molecular weight excluding hydrogens is 708 g/mol. The first-order valence-electron chi connectivity index (χ1n) is 18.4. The number of rotatable bonds is 18. The normalized spacial score (nSPS) is 26.3. The molecule has 6 rings (SSSR count). The summed E-state index contributed by atoms with van der Waals surface area (Å²) >= 11 is 0. The minimum absolute atomic E-state index is 0.102. The van der Waals surface area contributed by atoms with Crippen molar-refractivity contribution in [2.75, 3.05) is 13.2 Å². The zero-order valence-electron chi connectivity index (χ0n) is 30.9. The van der Waals surface area contributed by atoms with Crippen LogP contribution in [-0.2, 0) is 78.6 Å². The van der Waals surface area contributed by atoms with E-state index in [0.717, 1.165) is 22.3 Å². The fraction of sp³-hybridized carbons (Fsp3) is 0.395. The van der Waals surface area contributed by atoms with Crippen molar-refractivity contribution >= 4 is 11.9 Å². The van der Waals surface area contributed by atoms with Gasteiger partial charge in [-0.15, -0.1) is 0 Å². The van der Waals surface area contributed by atoms with Gasteiger partial charge in [-0.2, -0.15) is 0 Å². The molecule has 0 saturated carbocycles. The van der Waals surface area contributed by atoms with Gasteiger partial charge >= 0.3 is 11.9 Å². The van der Waals surface area contributed by atoms with Gasteiger partial charge in [0.05, 0.1) is 39.6 Å². The van der Waals surface area contributed by atoms with Gasteiger partial charge in [-0.3, -0.25) is 9.59 Å². The lowest BCUT2D eigenvalue weighted by atomic mass is 9.98. The van der Waals surface area contributed by atoms with E-state index in [2.05, 4.69) is 0 Å². The molecule has 2 saturated heterocycles. The Balaban J connectivity index is 1.24. The molecule has 55 heavy (non-hydrogen) atoms. The van der Waals surface area contributed by atoms with Gasteiger partial charge in [-0.25, -0.2) is 0 Å². The van der Waals surface area contributed by atoms with Gasteiger partial charge in [-0.1, -0.05) is 121 Å². The first kappa shape index (κ1) is 40.2. The molecule has 0 amide bonds. The maximum absolute atomic E-state index is 12.4. The highest BCUT2D eigenvalue weighted by Gasteiger charge is 2.52. The monoisotopic (exact) mass is 756 g/mol. The van der Waals surface area contributed by atoms with Crippen molar-refractivity contribution in [3.63, 3.8) is 0 Å². The number of carbonyl (C=O) groups is 2. The van der Waals surface area contributed by atoms with E-state index in [9.17, 15) is 14.7 Å². The van der Waals surface area contributed by atoms with Crippen LogP contribution in [0.4, 0.5) is 0 Å². The van der Waals surface area contributed by atoms with Crippen molar-refractivity contribution in [1.29, 1.82) is 0 Å². The van der Waals surface area contributed by atoms with Crippen molar-refractivity contribution in [2.24, 2.45) is 0 Å². The highest BCUT2D eigenvalue weighted by atomic mass is 16.7. The second-order valence-corrected chi connectivity index (χ2v) is 13.4. The Morgan fingerprint density at radius 3 is 1.36 bits per heavy atom. The molecule has 9 atom stereocenters. The van der Waals surface area contributed by atoms with Crippen LogP contribution in [0.2, 0.25) is 0 Å². The third kappa shape index (κ3) is 11.7. The SMILES string of the molecule is CC(=O)O[C@@H]1[C@@H](OC(C)=O)[C@H](O)O[C@H](CO[C@@H]2O[C@@H](COCc3ccccc3)[C@H](OCc3ccccc3)[C@H]2OCc2ccccc2)[C@H]1OCc1ccccc1. The van der Waals surface area contributed by atoms with Crippen molar-refractivity contribution in [3.8, 4) is 0 Å². The summed E-state index contributed by atoms with van der Waals surface area (Å²) in [4.78, 5) is 24.4. The van der Waals surface area contributed by atoms with Gasteiger partial charge in [0, 0.05) is 13.8 Å². The number of hydrogen-bond donors (Lipinski definition) is 1. The zero-order chi connectivity index (χ0) is 38.4. The Labute approximate surface area is 321 Å². The van der Waals surface area contributed by atoms with E-state index in [-0.39, 0.29) is 33.0 Å². The second-order valence-electron chi connectivity index (χ2n) is 13.4. The quantitative estimate of drug-likeness (QED) is 0.132. The van der Waals surface area contributed by atoms with Gasteiger partial charge in [0.25, 0.3) is 0 Å². The first-order valence-corrected chi connectivity index (χ1v) is 18.4. The van der Waals surface area contributed by atoms with Gasteiger partial charge in [-0.05, 0) is 22.3 Å². The lowest BCUT2D eigenvalue weighted by Gasteiger charge is -2.43. The second kappa shape index (κ2) is 20.4. The third-order valence-electron chi connectivity index (χ3n) is 9.16. The van der Waals surface area contributed by atoms with Crippen molar-refractivity contribution in [2.45, 2.75) is 95.6 Å². The van der Waals surface area contributed by atoms with E-state index in [1.807, 2.05) is 121 Å². The Hall–Kier alpha value is -4.50. The Kier molecular flexibility index (Phi) is 14.9. The number of aliphatic hydroxyl groups excluding tert-OH is 1. The Bertz CT molecular complexity index is 1730. The van der Waals surface area contributed by atoms with E-state index < -0.39 is 67.2 Å². The van der Waals surface area contributed by atoms with E-state index in [1.165, 1.54) is 13.8 Å². The molecule has 4 aromatic carbocycles. The number of hydrogen-bond acceptors (Lipinski definition) is 12. The average Bonchev–Trinajstić information content (AvgIpc) is 3.53. The first-order chi connectivity index (χ1) is 26.8. The lowest BCUT2D eigenvalue weighted by Crippen LogP contribution is -2.62. The number of aliphatic hydroxyl groups is 1. The van der Waals surface area contributed by atoms with Crippen LogP contribution in [0.1, 0.15) is 36.1 Å². The molecule has 292 valence electrons. The van der Waals surface area contributed by atoms with Crippen LogP contribution in [-0.4, -0.2) is 85.6 Å². The topological polar surface area (TPSA) is 137 Å². The summed E-state index contributed by atoms with van der Waals surface area (Å²) in [6.07, 6.45) is -9.20. The molecule has 0 spiro atoms. The van der Waals surface area contributed by atoms with Crippen molar-refractivity contribution in [1.82, 2.24) is 0 Å². The fourth-order valence-corrected chi connectivity index (χ4v) is 6.57. The molecule has 0 radical (unpaired) electrons. The molecule has 1 N–H and O–H groups in total. The summed E-state index contributed by atoms with van der Waals surface area (Å²) < 4.78 is 55.6. The number of ether oxygens (including phenoxy) is 9. The molecule has 2 fully saturated rings. The summed E-state index contributed by atoms with van der Waals surface area (Å²) in [6, 6.07) is 38.7.